The number of hydrogen-bond acceptors (Lipinski definition) is 2. The molecule has 3 rings (SSSR count). The van der Waals surface area contributed by atoms with Crippen molar-refractivity contribution in [1.29, 1.82) is 0 Å². The van der Waals surface area contributed by atoms with Gasteiger partial charge in [0.05, 0.1) is 0 Å². The Labute approximate surface area is 157 Å². The third-order valence-electron chi connectivity index (χ3n) is 4.77. The summed E-state index contributed by atoms with van der Waals surface area (Å²) in [6.45, 7) is 19.6. The van der Waals surface area contributed by atoms with Crippen LogP contribution in [0.2, 0.25) is 0 Å². The molecular weight excluding hydrogens is 316 g/mol. The van der Waals surface area contributed by atoms with Crippen molar-refractivity contribution in [1.82, 2.24) is 5.32 Å². The third kappa shape index (κ3) is 3.08. The number of allylic oxidation sites excluding steroid dienone is 7. The monoisotopic (exact) mass is 344 g/mol. The Bertz CT molecular complexity index is 885. The van der Waals surface area contributed by atoms with E-state index in [0.717, 1.165) is 39.5 Å². The van der Waals surface area contributed by atoms with Crippen LogP contribution in [0.5, 0.6) is 0 Å². The number of hydrogen-bond donors (Lipinski definition) is 1. The zero-order chi connectivity index (χ0) is 19.0. The number of dihydropyridines is 1. The van der Waals surface area contributed by atoms with Crippen LogP contribution in [0.3, 0.4) is 0 Å². The molecule has 0 aromatic heterocycles. The summed E-state index contributed by atoms with van der Waals surface area (Å²) >= 11 is 0. The molecule has 0 unspecified atom stereocenters. The van der Waals surface area contributed by atoms with Crippen LogP contribution in [0, 0.1) is 5.92 Å². The Morgan fingerprint density at radius 2 is 1.77 bits per heavy atom. The van der Waals surface area contributed by atoms with Gasteiger partial charge in [-0.25, -0.2) is 0 Å². The first-order chi connectivity index (χ1) is 12.3. The third-order valence-corrected chi connectivity index (χ3v) is 4.77. The lowest BCUT2D eigenvalue weighted by molar-refractivity contribution is 0.722. The quantitative estimate of drug-likeness (QED) is 0.701. The van der Waals surface area contributed by atoms with Crippen LogP contribution in [0.25, 0.3) is 0 Å². The van der Waals surface area contributed by atoms with Crippen LogP contribution >= 0.6 is 0 Å². The first-order valence-electron chi connectivity index (χ1n) is 9.14. The van der Waals surface area contributed by atoms with Gasteiger partial charge >= 0.3 is 0 Å². The zero-order valence-electron chi connectivity index (χ0n) is 16.5. The van der Waals surface area contributed by atoms with Crippen molar-refractivity contribution in [2.75, 3.05) is 4.90 Å². The molecule has 0 radical (unpaired) electrons. The lowest BCUT2D eigenvalue weighted by Crippen LogP contribution is -2.34. The van der Waals surface area contributed by atoms with Crippen molar-refractivity contribution in [2.45, 2.75) is 34.6 Å². The summed E-state index contributed by atoms with van der Waals surface area (Å²) < 4.78 is 0. The summed E-state index contributed by atoms with van der Waals surface area (Å²) in [5, 5.41) is 3.58. The van der Waals surface area contributed by atoms with Crippen LogP contribution in [0.4, 0.5) is 5.69 Å². The number of rotatable bonds is 3. The smallest absolute Gasteiger partial charge is 0.0500 e. The molecule has 1 N–H and O–H groups in total. The predicted molar refractivity (Wildman–Crippen MR) is 112 cm³/mol. The van der Waals surface area contributed by atoms with Crippen molar-refractivity contribution < 1.29 is 0 Å². The molecule has 2 heterocycles. The maximum absolute atomic E-state index is 4.46. The Morgan fingerprint density at radius 1 is 1.12 bits per heavy atom. The Kier molecular flexibility index (Phi) is 4.78. The van der Waals surface area contributed by atoms with Crippen molar-refractivity contribution >= 4 is 5.69 Å². The number of benzene rings is 1. The molecular formula is C24H28N2. The van der Waals surface area contributed by atoms with Crippen molar-refractivity contribution in [2.24, 2.45) is 5.92 Å². The molecule has 0 aliphatic carbocycles. The van der Waals surface area contributed by atoms with E-state index in [1.807, 2.05) is 6.07 Å². The Balaban J connectivity index is 2.13. The number of nitrogens with zero attached hydrogens (tertiary/aromatic N) is 1. The van der Waals surface area contributed by atoms with Gasteiger partial charge in [-0.15, -0.1) is 0 Å². The molecule has 0 amide bonds. The fourth-order valence-electron chi connectivity index (χ4n) is 3.56. The van der Waals surface area contributed by atoms with E-state index in [1.54, 1.807) is 0 Å². The number of para-hydroxylation sites is 1. The van der Waals surface area contributed by atoms with Gasteiger partial charge in [0.2, 0.25) is 0 Å². The number of anilines is 1. The van der Waals surface area contributed by atoms with Gasteiger partial charge in [0, 0.05) is 39.6 Å². The SMILES string of the molecule is C=C1C(C=C(C)C)=C(C)NC2=C1C(=C)N(c1ccccc1)C(C(C)C)=C2. The second-order valence-electron chi connectivity index (χ2n) is 7.49. The average molecular weight is 345 g/mol. The highest BCUT2D eigenvalue weighted by Gasteiger charge is 2.31. The van der Waals surface area contributed by atoms with E-state index in [0.29, 0.717) is 5.92 Å². The van der Waals surface area contributed by atoms with E-state index < -0.39 is 0 Å². The molecule has 0 bridgehead atoms. The zero-order valence-corrected chi connectivity index (χ0v) is 16.5. The van der Waals surface area contributed by atoms with Crippen LogP contribution in [0.15, 0.2) is 101 Å². The van der Waals surface area contributed by atoms with Crippen molar-refractivity contribution in [3.63, 3.8) is 0 Å². The summed E-state index contributed by atoms with van der Waals surface area (Å²) in [6, 6.07) is 10.4. The van der Waals surface area contributed by atoms with Gasteiger partial charge < -0.3 is 10.2 Å². The van der Waals surface area contributed by atoms with E-state index in [2.05, 4.69) is 94.4 Å². The Hall–Kier alpha value is -2.74. The summed E-state index contributed by atoms with van der Waals surface area (Å²) in [6.07, 6.45) is 4.44. The molecule has 1 aromatic carbocycles. The van der Waals surface area contributed by atoms with Crippen LogP contribution < -0.4 is 10.2 Å². The van der Waals surface area contributed by atoms with Gasteiger partial charge in [-0.1, -0.05) is 56.9 Å². The maximum atomic E-state index is 4.46. The fourth-order valence-corrected chi connectivity index (χ4v) is 3.56. The van der Waals surface area contributed by atoms with Crippen LogP contribution in [0.1, 0.15) is 34.6 Å². The van der Waals surface area contributed by atoms with Gasteiger partial charge in [-0.05, 0) is 50.5 Å². The van der Waals surface area contributed by atoms with Gasteiger partial charge in [-0.3, -0.25) is 0 Å². The molecule has 0 saturated carbocycles. The van der Waals surface area contributed by atoms with E-state index in [-0.39, 0.29) is 0 Å². The molecule has 0 fully saturated rings. The summed E-state index contributed by atoms with van der Waals surface area (Å²) in [7, 11) is 0. The predicted octanol–water partition coefficient (Wildman–Crippen LogP) is 6.21. The summed E-state index contributed by atoms with van der Waals surface area (Å²) in [4.78, 5) is 2.26. The van der Waals surface area contributed by atoms with Crippen LogP contribution in [-0.4, -0.2) is 0 Å². The van der Waals surface area contributed by atoms with E-state index in [4.69, 9.17) is 0 Å². The van der Waals surface area contributed by atoms with E-state index in [1.165, 1.54) is 11.3 Å². The lowest BCUT2D eigenvalue weighted by Gasteiger charge is -2.39. The molecule has 134 valence electrons. The summed E-state index contributed by atoms with van der Waals surface area (Å²) in [5.41, 5.74) is 10.1. The van der Waals surface area contributed by atoms with E-state index >= 15 is 0 Å². The topological polar surface area (TPSA) is 15.3 Å². The van der Waals surface area contributed by atoms with E-state index in [9.17, 15) is 0 Å². The molecule has 1 aromatic rings. The minimum absolute atomic E-state index is 0.375. The standard InChI is InChI=1S/C24H28N2/c1-15(2)13-21-17(5)24-19(7)26(20-11-9-8-10-12-20)23(16(3)4)14-22(24)25-18(21)6/h8-14,16,25H,5,7H2,1-4,6H3. The minimum atomic E-state index is 0.375. The molecule has 0 spiro atoms. The molecule has 2 heteroatoms. The second-order valence-corrected chi connectivity index (χ2v) is 7.49. The van der Waals surface area contributed by atoms with Crippen molar-refractivity contribution in [3.8, 4) is 0 Å². The van der Waals surface area contributed by atoms with Gasteiger partial charge in [0.1, 0.15) is 0 Å². The average Bonchev–Trinajstić information content (AvgIpc) is 2.58. The number of nitrogens with one attached hydrogen (secondary N) is 1. The summed E-state index contributed by atoms with van der Waals surface area (Å²) in [5.74, 6) is 0.375. The second kappa shape index (κ2) is 6.87. The highest BCUT2D eigenvalue weighted by molar-refractivity contribution is 5.75. The van der Waals surface area contributed by atoms with Crippen LogP contribution in [-0.2, 0) is 0 Å². The molecule has 2 nitrogen and oxygen atoms in total. The molecule has 26 heavy (non-hydrogen) atoms. The van der Waals surface area contributed by atoms with Gasteiger partial charge in [0.15, 0.2) is 0 Å². The molecule has 0 atom stereocenters. The van der Waals surface area contributed by atoms with Crippen molar-refractivity contribution in [3.05, 3.63) is 101 Å². The van der Waals surface area contributed by atoms with Gasteiger partial charge in [0.25, 0.3) is 0 Å². The minimum Gasteiger partial charge on any atom is -0.358 e. The molecule has 2 aliphatic rings. The Morgan fingerprint density at radius 3 is 2.35 bits per heavy atom. The largest absolute Gasteiger partial charge is 0.358 e. The lowest BCUT2D eigenvalue weighted by atomic mass is 9.86. The highest BCUT2D eigenvalue weighted by Crippen LogP contribution is 2.42. The molecule has 2 aliphatic heterocycles. The maximum Gasteiger partial charge on any atom is 0.0500 e. The fraction of sp³-hybridized carbons (Fsp3) is 0.250. The first-order valence-corrected chi connectivity index (χ1v) is 9.14. The highest BCUT2D eigenvalue weighted by atomic mass is 15.2. The van der Waals surface area contributed by atoms with Gasteiger partial charge in [-0.2, -0.15) is 0 Å². The molecule has 0 saturated heterocycles. The first kappa shape index (κ1) is 18.1. The normalized spacial score (nSPS) is 17.3.